The SMILES string of the molecule is COCCC1COC2(C1)CN(C(=O)c1ccn(C)n1)C2. The van der Waals surface area contributed by atoms with E-state index in [0.29, 0.717) is 24.7 Å². The van der Waals surface area contributed by atoms with Crippen molar-refractivity contribution < 1.29 is 14.3 Å². The molecule has 2 fully saturated rings. The minimum Gasteiger partial charge on any atom is -0.385 e. The van der Waals surface area contributed by atoms with Gasteiger partial charge in [0.15, 0.2) is 0 Å². The number of likely N-dealkylation sites (tertiary alicyclic amines) is 1. The molecule has 1 amide bonds. The average Bonchev–Trinajstić information content (AvgIpc) is 3.00. The Hall–Kier alpha value is -1.40. The van der Waals surface area contributed by atoms with E-state index >= 15 is 0 Å². The van der Waals surface area contributed by atoms with Crippen molar-refractivity contribution in [3.05, 3.63) is 18.0 Å². The number of amides is 1. The highest BCUT2D eigenvalue weighted by atomic mass is 16.5. The minimum atomic E-state index is -0.108. The lowest BCUT2D eigenvalue weighted by Gasteiger charge is -2.46. The minimum absolute atomic E-state index is 0.000154. The van der Waals surface area contributed by atoms with Gasteiger partial charge < -0.3 is 14.4 Å². The van der Waals surface area contributed by atoms with Crippen LogP contribution >= 0.6 is 0 Å². The van der Waals surface area contributed by atoms with E-state index in [9.17, 15) is 4.79 Å². The lowest BCUT2D eigenvalue weighted by molar-refractivity contribution is -0.0952. The summed E-state index contributed by atoms with van der Waals surface area (Å²) in [6.07, 6.45) is 3.85. The molecule has 1 aromatic rings. The van der Waals surface area contributed by atoms with Gasteiger partial charge in [0.05, 0.1) is 19.7 Å². The van der Waals surface area contributed by atoms with Gasteiger partial charge in [0.2, 0.25) is 0 Å². The molecule has 0 aliphatic carbocycles. The Morgan fingerprint density at radius 3 is 3.05 bits per heavy atom. The van der Waals surface area contributed by atoms with Crippen molar-refractivity contribution in [2.24, 2.45) is 13.0 Å². The van der Waals surface area contributed by atoms with Crippen LogP contribution in [-0.4, -0.2) is 59.6 Å². The molecule has 1 spiro atoms. The van der Waals surface area contributed by atoms with E-state index in [-0.39, 0.29) is 11.5 Å². The van der Waals surface area contributed by atoms with Crippen LogP contribution in [0.5, 0.6) is 0 Å². The molecule has 1 atom stereocenters. The molecule has 2 aliphatic heterocycles. The van der Waals surface area contributed by atoms with Gasteiger partial charge in [-0.1, -0.05) is 0 Å². The van der Waals surface area contributed by atoms with Crippen LogP contribution in [0, 0.1) is 5.92 Å². The smallest absolute Gasteiger partial charge is 0.274 e. The second kappa shape index (κ2) is 5.18. The van der Waals surface area contributed by atoms with Gasteiger partial charge in [0.25, 0.3) is 5.91 Å². The molecule has 3 heterocycles. The molecule has 0 saturated carbocycles. The second-order valence-corrected chi connectivity index (χ2v) is 5.88. The number of carbonyl (C=O) groups excluding carboxylic acids is 1. The number of nitrogens with zero attached hydrogens (tertiary/aromatic N) is 3. The first kappa shape index (κ1) is 13.6. The summed E-state index contributed by atoms with van der Waals surface area (Å²) in [6, 6.07) is 1.75. The summed E-state index contributed by atoms with van der Waals surface area (Å²) in [5.74, 6) is 0.558. The summed E-state index contributed by atoms with van der Waals surface area (Å²) in [4.78, 5) is 14.0. The van der Waals surface area contributed by atoms with Crippen molar-refractivity contribution >= 4 is 5.91 Å². The third-order valence-corrected chi connectivity index (χ3v) is 4.19. The van der Waals surface area contributed by atoms with Crippen LogP contribution < -0.4 is 0 Å². The van der Waals surface area contributed by atoms with Crippen molar-refractivity contribution in [1.82, 2.24) is 14.7 Å². The van der Waals surface area contributed by atoms with E-state index < -0.39 is 0 Å². The number of rotatable bonds is 4. The van der Waals surface area contributed by atoms with Crippen molar-refractivity contribution in [3.8, 4) is 0 Å². The molecule has 110 valence electrons. The Balaban J connectivity index is 1.52. The van der Waals surface area contributed by atoms with Gasteiger partial charge in [0, 0.05) is 27.0 Å². The van der Waals surface area contributed by atoms with Crippen LogP contribution in [0.1, 0.15) is 23.3 Å². The fraction of sp³-hybridized carbons (Fsp3) is 0.714. The highest BCUT2D eigenvalue weighted by Gasteiger charge is 2.51. The third-order valence-electron chi connectivity index (χ3n) is 4.19. The lowest BCUT2D eigenvalue weighted by atomic mass is 9.86. The largest absolute Gasteiger partial charge is 0.385 e. The van der Waals surface area contributed by atoms with Crippen molar-refractivity contribution in [2.75, 3.05) is 33.4 Å². The van der Waals surface area contributed by atoms with Gasteiger partial charge >= 0.3 is 0 Å². The molecule has 1 unspecified atom stereocenters. The van der Waals surface area contributed by atoms with Gasteiger partial charge in [-0.15, -0.1) is 0 Å². The molecular formula is C14H21N3O3. The van der Waals surface area contributed by atoms with E-state index in [0.717, 1.165) is 26.1 Å². The molecule has 1 aromatic heterocycles. The number of hydrogen-bond donors (Lipinski definition) is 0. The molecule has 0 aromatic carbocycles. The first-order chi connectivity index (χ1) is 9.62. The first-order valence-corrected chi connectivity index (χ1v) is 7.04. The van der Waals surface area contributed by atoms with Crippen LogP contribution in [0.4, 0.5) is 0 Å². The number of carbonyl (C=O) groups is 1. The number of aromatic nitrogens is 2. The van der Waals surface area contributed by atoms with E-state index in [1.807, 2.05) is 11.9 Å². The zero-order valence-electron chi connectivity index (χ0n) is 12.0. The fourth-order valence-corrected chi connectivity index (χ4v) is 3.11. The molecular weight excluding hydrogens is 258 g/mol. The highest BCUT2D eigenvalue weighted by Crippen LogP contribution is 2.39. The predicted molar refractivity (Wildman–Crippen MR) is 72.4 cm³/mol. The zero-order chi connectivity index (χ0) is 14.2. The quantitative estimate of drug-likeness (QED) is 0.813. The first-order valence-electron chi connectivity index (χ1n) is 7.04. The summed E-state index contributed by atoms with van der Waals surface area (Å²) >= 11 is 0. The van der Waals surface area contributed by atoms with Gasteiger partial charge in [-0.3, -0.25) is 9.48 Å². The Kier molecular flexibility index (Phi) is 3.52. The summed E-state index contributed by atoms with van der Waals surface area (Å²) < 4.78 is 12.7. The maximum absolute atomic E-state index is 12.2. The van der Waals surface area contributed by atoms with E-state index in [2.05, 4.69) is 5.10 Å². The topological polar surface area (TPSA) is 56.6 Å². The summed E-state index contributed by atoms with van der Waals surface area (Å²) in [5.41, 5.74) is 0.402. The molecule has 0 bridgehead atoms. The fourth-order valence-electron chi connectivity index (χ4n) is 3.11. The molecule has 2 saturated heterocycles. The number of hydrogen-bond acceptors (Lipinski definition) is 4. The Morgan fingerprint density at radius 1 is 1.60 bits per heavy atom. The van der Waals surface area contributed by atoms with Crippen LogP contribution in [0.25, 0.3) is 0 Å². The van der Waals surface area contributed by atoms with Gasteiger partial charge in [0.1, 0.15) is 11.3 Å². The van der Waals surface area contributed by atoms with Crippen molar-refractivity contribution in [2.45, 2.75) is 18.4 Å². The lowest BCUT2D eigenvalue weighted by Crippen LogP contribution is -2.63. The monoisotopic (exact) mass is 279 g/mol. The molecule has 2 aliphatic rings. The molecule has 0 N–H and O–H groups in total. The number of ether oxygens (including phenoxy) is 2. The molecule has 0 radical (unpaired) electrons. The maximum atomic E-state index is 12.2. The molecule has 3 rings (SSSR count). The predicted octanol–water partition coefficient (Wildman–Crippen LogP) is 0.688. The Morgan fingerprint density at radius 2 is 2.40 bits per heavy atom. The Labute approximate surface area is 118 Å². The van der Waals surface area contributed by atoms with Crippen LogP contribution in [0.2, 0.25) is 0 Å². The number of aryl methyl sites for hydroxylation is 1. The van der Waals surface area contributed by atoms with Gasteiger partial charge in [-0.25, -0.2) is 0 Å². The second-order valence-electron chi connectivity index (χ2n) is 5.88. The van der Waals surface area contributed by atoms with Crippen LogP contribution in [0.15, 0.2) is 12.3 Å². The van der Waals surface area contributed by atoms with Crippen LogP contribution in [0.3, 0.4) is 0 Å². The molecule has 6 nitrogen and oxygen atoms in total. The normalized spacial score (nSPS) is 24.1. The number of methoxy groups -OCH3 is 1. The summed E-state index contributed by atoms with van der Waals surface area (Å²) in [5, 5.41) is 4.15. The maximum Gasteiger partial charge on any atom is 0.274 e. The summed E-state index contributed by atoms with van der Waals surface area (Å²) in [6.45, 7) is 2.94. The van der Waals surface area contributed by atoms with Crippen molar-refractivity contribution in [1.29, 1.82) is 0 Å². The van der Waals surface area contributed by atoms with Crippen molar-refractivity contribution in [3.63, 3.8) is 0 Å². The van der Waals surface area contributed by atoms with E-state index in [1.165, 1.54) is 0 Å². The average molecular weight is 279 g/mol. The van der Waals surface area contributed by atoms with E-state index in [4.69, 9.17) is 9.47 Å². The van der Waals surface area contributed by atoms with Crippen LogP contribution in [-0.2, 0) is 16.5 Å². The Bertz CT molecular complexity index is 494. The molecule has 20 heavy (non-hydrogen) atoms. The summed E-state index contributed by atoms with van der Waals surface area (Å²) in [7, 11) is 3.54. The van der Waals surface area contributed by atoms with Gasteiger partial charge in [-0.05, 0) is 24.8 Å². The standard InChI is InChI=1S/C14H21N3O3/c1-16-5-3-12(15-16)13(18)17-9-14(10-17)7-11(8-20-14)4-6-19-2/h3,5,11H,4,6-10H2,1-2H3. The van der Waals surface area contributed by atoms with E-state index in [1.54, 1.807) is 24.1 Å². The van der Waals surface area contributed by atoms with Gasteiger partial charge in [-0.2, -0.15) is 5.10 Å². The highest BCUT2D eigenvalue weighted by molar-refractivity contribution is 5.93. The zero-order valence-corrected chi connectivity index (χ0v) is 12.0. The third kappa shape index (κ3) is 2.45. The molecule has 6 heteroatoms.